The van der Waals surface area contributed by atoms with Crippen LogP contribution in [-0.2, 0) is 9.59 Å². The minimum Gasteiger partial charge on any atom is -0.324 e. The number of hydrogen-bond acceptors (Lipinski definition) is 4. The Hall–Kier alpha value is -2.41. The molecule has 0 bridgehead atoms. The Kier molecular flexibility index (Phi) is 3.58. The standard InChI is InChI=1S/C14H14ClN5O2/c1-7-3-4-9(15)5-10(7)17-13(22)11-6-12(21)18-14-16-8(2)19-20(11)14/h3-5,11H,6H2,1-2H3,(H,17,22)(H,16,18,19,21)/t11-/m1/s1. The molecule has 2 heterocycles. The summed E-state index contributed by atoms with van der Waals surface area (Å²) in [6.07, 6.45) is 0.0151. The number of carbonyl (C=O) groups excluding carboxylic acids is 2. The number of nitrogens with zero attached hydrogens (tertiary/aromatic N) is 3. The van der Waals surface area contributed by atoms with E-state index in [9.17, 15) is 9.59 Å². The lowest BCUT2D eigenvalue weighted by molar-refractivity contribution is -0.125. The molecule has 22 heavy (non-hydrogen) atoms. The quantitative estimate of drug-likeness (QED) is 0.886. The van der Waals surface area contributed by atoms with Gasteiger partial charge in [0.15, 0.2) is 0 Å². The molecule has 1 aromatic heterocycles. The highest BCUT2D eigenvalue weighted by Gasteiger charge is 2.32. The highest BCUT2D eigenvalue weighted by molar-refractivity contribution is 6.31. The highest BCUT2D eigenvalue weighted by atomic mass is 35.5. The Morgan fingerprint density at radius 3 is 3.00 bits per heavy atom. The van der Waals surface area contributed by atoms with Crippen LogP contribution < -0.4 is 10.6 Å². The number of halogens is 1. The van der Waals surface area contributed by atoms with E-state index in [0.717, 1.165) is 5.56 Å². The van der Waals surface area contributed by atoms with Gasteiger partial charge in [-0.3, -0.25) is 14.9 Å². The molecule has 0 fully saturated rings. The number of hydrogen-bond donors (Lipinski definition) is 2. The van der Waals surface area contributed by atoms with E-state index in [0.29, 0.717) is 16.5 Å². The fourth-order valence-corrected chi connectivity index (χ4v) is 2.49. The first-order chi connectivity index (χ1) is 10.4. The average molecular weight is 320 g/mol. The molecule has 0 unspecified atom stereocenters. The van der Waals surface area contributed by atoms with Crippen LogP contribution in [0, 0.1) is 13.8 Å². The van der Waals surface area contributed by atoms with Gasteiger partial charge < -0.3 is 5.32 Å². The van der Waals surface area contributed by atoms with Gasteiger partial charge in [-0.05, 0) is 31.5 Å². The molecule has 1 atom stereocenters. The smallest absolute Gasteiger partial charge is 0.249 e. The molecule has 1 aromatic carbocycles. The van der Waals surface area contributed by atoms with E-state index in [-0.39, 0.29) is 24.2 Å². The van der Waals surface area contributed by atoms with Gasteiger partial charge in [0.05, 0.1) is 6.42 Å². The molecule has 2 amide bonds. The minimum absolute atomic E-state index is 0.0151. The van der Waals surface area contributed by atoms with Crippen molar-refractivity contribution < 1.29 is 9.59 Å². The zero-order valence-electron chi connectivity index (χ0n) is 12.1. The fraction of sp³-hybridized carbons (Fsp3) is 0.286. The summed E-state index contributed by atoms with van der Waals surface area (Å²) >= 11 is 5.95. The minimum atomic E-state index is -0.733. The van der Waals surface area contributed by atoms with Crippen molar-refractivity contribution in [2.75, 3.05) is 10.6 Å². The third kappa shape index (κ3) is 2.67. The van der Waals surface area contributed by atoms with Crippen molar-refractivity contribution in [2.24, 2.45) is 0 Å². The van der Waals surface area contributed by atoms with Crippen LogP contribution in [0.2, 0.25) is 5.02 Å². The van der Waals surface area contributed by atoms with Gasteiger partial charge in [0.2, 0.25) is 17.8 Å². The summed E-state index contributed by atoms with van der Waals surface area (Å²) in [5, 5.41) is 10.1. The summed E-state index contributed by atoms with van der Waals surface area (Å²) in [5.41, 5.74) is 1.50. The van der Waals surface area contributed by atoms with Gasteiger partial charge in [0.25, 0.3) is 0 Å². The molecular formula is C14H14ClN5O2. The number of anilines is 2. The van der Waals surface area contributed by atoms with Gasteiger partial charge in [-0.2, -0.15) is 10.1 Å². The van der Waals surface area contributed by atoms with Crippen molar-refractivity contribution in [3.63, 3.8) is 0 Å². The first-order valence-electron chi connectivity index (χ1n) is 6.74. The molecule has 7 nitrogen and oxygen atoms in total. The molecule has 3 rings (SSSR count). The maximum absolute atomic E-state index is 12.5. The lowest BCUT2D eigenvalue weighted by Crippen LogP contribution is -2.36. The zero-order chi connectivity index (χ0) is 15.9. The van der Waals surface area contributed by atoms with E-state index in [1.807, 2.05) is 13.0 Å². The van der Waals surface area contributed by atoms with Gasteiger partial charge in [-0.1, -0.05) is 17.7 Å². The SMILES string of the molecule is Cc1nc2n(n1)[C@@H](C(=O)Nc1cc(Cl)ccc1C)CC(=O)N2. The number of amides is 2. The molecular weight excluding hydrogens is 306 g/mol. The molecule has 114 valence electrons. The van der Waals surface area contributed by atoms with Gasteiger partial charge >= 0.3 is 0 Å². The van der Waals surface area contributed by atoms with E-state index >= 15 is 0 Å². The average Bonchev–Trinajstić information content (AvgIpc) is 2.81. The van der Waals surface area contributed by atoms with E-state index in [1.165, 1.54) is 4.68 Å². The van der Waals surface area contributed by atoms with Gasteiger partial charge in [0, 0.05) is 10.7 Å². The Morgan fingerprint density at radius 1 is 1.45 bits per heavy atom. The van der Waals surface area contributed by atoms with E-state index < -0.39 is 6.04 Å². The van der Waals surface area contributed by atoms with Gasteiger partial charge in [-0.15, -0.1) is 0 Å². The second-order valence-corrected chi connectivity index (χ2v) is 5.58. The fourth-order valence-electron chi connectivity index (χ4n) is 2.32. The van der Waals surface area contributed by atoms with Crippen LogP contribution in [-0.4, -0.2) is 26.6 Å². The number of benzene rings is 1. The molecule has 2 N–H and O–H groups in total. The van der Waals surface area contributed by atoms with E-state index in [1.54, 1.807) is 19.1 Å². The first-order valence-corrected chi connectivity index (χ1v) is 7.12. The summed E-state index contributed by atoms with van der Waals surface area (Å²) in [4.78, 5) is 28.3. The molecule has 2 aromatic rings. The third-order valence-electron chi connectivity index (χ3n) is 3.42. The predicted molar refractivity (Wildman–Crippen MR) is 81.9 cm³/mol. The summed E-state index contributed by atoms with van der Waals surface area (Å²) < 4.78 is 1.44. The van der Waals surface area contributed by atoms with Crippen molar-refractivity contribution in [3.8, 4) is 0 Å². The molecule has 0 aliphatic carbocycles. The van der Waals surface area contributed by atoms with Crippen molar-refractivity contribution in [2.45, 2.75) is 26.3 Å². The Bertz CT molecular complexity index is 771. The number of carbonyl (C=O) groups is 2. The summed E-state index contributed by atoms with van der Waals surface area (Å²) in [6, 6.07) is 4.50. The third-order valence-corrected chi connectivity index (χ3v) is 3.66. The van der Waals surface area contributed by atoms with Crippen molar-refractivity contribution in [1.29, 1.82) is 0 Å². The molecule has 0 spiro atoms. The number of rotatable bonds is 2. The summed E-state index contributed by atoms with van der Waals surface area (Å²) in [5.74, 6) is 0.194. The molecule has 0 saturated carbocycles. The molecule has 0 radical (unpaired) electrons. The van der Waals surface area contributed by atoms with Crippen LogP contribution in [0.15, 0.2) is 18.2 Å². The van der Waals surface area contributed by atoms with Crippen LogP contribution in [0.4, 0.5) is 11.6 Å². The largest absolute Gasteiger partial charge is 0.324 e. The molecule has 0 saturated heterocycles. The van der Waals surface area contributed by atoms with Crippen LogP contribution >= 0.6 is 11.6 Å². The topological polar surface area (TPSA) is 88.9 Å². The first kappa shape index (κ1) is 14.5. The van der Waals surface area contributed by atoms with Crippen molar-refractivity contribution in [3.05, 3.63) is 34.6 Å². The van der Waals surface area contributed by atoms with Crippen LogP contribution in [0.3, 0.4) is 0 Å². The van der Waals surface area contributed by atoms with Gasteiger partial charge in [-0.25, -0.2) is 4.68 Å². The molecule has 8 heteroatoms. The van der Waals surface area contributed by atoms with Crippen molar-refractivity contribution in [1.82, 2.24) is 14.8 Å². The van der Waals surface area contributed by atoms with Gasteiger partial charge in [0.1, 0.15) is 11.9 Å². The molecule has 1 aliphatic heterocycles. The Balaban J connectivity index is 1.89. The second-order valence-electron chi connectivity index (χ2n) is 5.14. The number of nitrogens with one attached hydrogen (secondary N) is 2. The second kappa shape index (κ2) is 5.42. The lowest BCUT2D eigenvalue weighted by atomic mass is 10.1. The zero-order valence-corrected chi connectivity index (χ0v) is 12.8. The predicted octanol–water partition coefficient (Wildman–Crippen LogP) is 2.07. The van der Waals surface area contributed by atoms with E-state index in [2.05, 4.69) is 20.7 Å². The maximum Gasteiger partial charge on any atom is 0.249 e. The number of fused-ring (bicyclic) bond motifs is 1. The lowest BCUT2D eigenvalue weighted by Gasteiger charge is -2.22. The highest BCUT2D eigenvalue weighted by Crippen LogP contribution is 2.26. The van der Waals surface area contributed by atoms with Crippen LogP contribution in [0.25, 0.3) is 0 Å². The van der Waals surface area contributed by atoms with Crippen molar-refractivity contribution >= 4 is 35.1 Å². The van der Waals surface area contributed by atoms with Crippen LogP contribution in [0.1, 0.15) is 23.9 Å². The Labute approximate surface area is 131 Å². The maximum atomic E-state index is 12.5. The Morgan fingerprint density at radius 2 is 2.23 bits per heavy atom. The summed E-state index contributed by atoms with van der Waals surface area (Å²) in [6.45, 7) is 3.57. The van der Waals surface area contributed by atoms with Crippen LogP contribution in [0.5, 0.6) is 0 Å². The number of aromatic nitrogens is 3. The monoisotopic (exact) mass is 319 g/mol. The number of aryl methyl sites for hydroxylation is 2. The summed E-state index contributed by atoms with van der Waals surface area (Å²) in [7, 11) is 0. The van der Waals surface area contributed by atoms with E-state index in [4.69, 9.17) is 11.6 Å². The molecule has 1 aliphatic rings. The normalized spacial score (nSPS) is 16.9.